The van der Waals surface area contributed by atoms with E-state index >= 15 is 0 Å². The standard InChI is InChI=1S/C44H79N5O6/c1-10-11-16-36(48-38(51)35(17-13-24-47-40(45)46)49-41(53)55-42(5,6)7)39(52)54-37-26-30(50)25-29-18-19-31-33-21-20-32(28(4)15-12-14-27(2)3)43(33,8)23-22-34(31)44(29,37)9/h27-37,50H,10-26H2,1-9H3,(H,48,51)(H,49,53)(H4,45,46,47)/t28-,29?,30-,31+,32-,33+,34+,35+,36+,37?,43-,44+/m1/s1. The van der Waals surface area contributed by atoms with Crippen molar-refractivity contribution in [2.24, 2.45) is 68.7 Å². The molecular weight excluding hydrogens is 695 g/mol. The van der Waals surface area contributed by atoms with E-state index in [4.69, 9.17) is 20.9 Å². The molecule has 55 heavy (non-hydrogen) atoms. The molecule has 11 heteroatoms. The van der Waals surface area contributed by atoms with Crippen LogP contribution in [0.2, 0.25) is 0 Å². The quantitative estimate of drug-likeness (QED) is 0.0434. The first-order valence-electron chi connectivity index (χ1n) is 22.0. The lowest BCUT2D eigenvalue weighted by atomic mass is 9.43. The number of hydrogen-bond donors (Lipinski definition) is 5. The molecule has 4 saturated carbocycles. The predicted molar refractivity (Wildman–Crippen MR) is 219 cm³/mol. The summed E-state index contributed by atoms with van der Waals surface area (Å²) in [7, 11) is 0. The first-order chi connectivity index (χ1) is 25.8. The van der Waals surface area contributed by atoms with Crippen LogP contribution in [0.15, 0.2) is 4.99 Å². The molecule has 2 unspecified atom stereocenters. The van der Waals surface area contributed by atoms with Crippen LogP contribution in [-0.4, -0.2) is 65.5 Å². The molecule has 0 aliphatic heterocycles. The Morgan fingerprint density at radius 2 is 1.58 bits per heavy atom. The number of aliphatic hydroxyl groups excluding tert-OH is 1. The first-order valence-corrected chi connectivity index (χ1v) is 22.0. The van der Waals surface area contributed by atoms with Crippen molar-refractivity contribution in [3.05, 3.63) is 0 Å². The maximum absolute atomic E-state index is 14.3. The lowest BCUT2D eigenvalue weighted by molar-refractivity contribution is -0.204. The molecule has 12 atom stereocenters. The number of fused-ring (bicyclic) bond motifs is 5. The Kier molecular flexibility index (Phi) is 15.8. The molecule has 4 fully saturated rings. The fraction of sp³-hybridized carbons (Fsp3) is 0.909. The molecule has 0 aromatic heterocycles. The second kappa shape index (κ2) is 19.3. The van der Waals surface area contributed by atoms with Crippen molar-refractivity contribution in [1.29, 1.82) is 0 Å². The van der Waals surface area contributed by atoms with Crippen LogP contribution in [0.4, 0.5) is 4.79 Å². The third-order valence-corrected chi connectivity index (χ3v) is 14.6. The van der Waals surface area contributed by atoms with Crippen molar-refractivity contribution >= 4 is 23.9 Å². The molecule has 0 spiro atoms. The predicted octanol–water partition coefficient (Wildman–Crippen LogP) is 7.61. The number of aliphatic imine (C=N–C) groups is 1. The topological polar surface area (TPSA) is 178 Å². The largest absolute Gasteiger partial charge is 0.460 e. The molecule has 2 amide bonds. The molecule has 0 heterocycles. The minimum Gasteiger partial charge on any atom is -0.460 e. The smallest absolute Gasteiger partial charge is 0.408 e. The summed E-state index contributed by atoms with van der Waals surface area (Å²) < 4.78 is 12.0. The van der Waals surface area contributed by atoms with Crippen molar-refractivity contribution in [2.45, 2.75) is 195 Å². The van der Waals surface area contributed by atoms with Crippen LogP contribution < -0.4 is 22.1 Å². The third kappa shape index (κ3) is 11.3. The molecular formula is C44H79N5O6. The van der Waals surface area contributed by atoms with Gasteiger partial charge in [0.1, 0.15) is 23.8 Å². The zero-order valence-electron chi connectivity index (χ0n) is 36.0. The number of guanidine groups is 1. The molecule has 0 aromatic rings. The number of alkyl carbamates (subject to hydrolysis) is 1. The number of rotatable bonds is 17. The summed E-state index contributed by atoms with van der Waals surface area (Å²) in [6.45, 7) is 19.7. The zero-order chi connectivity index (χ0) is 40.7. The van der Waals surface area contributed by atoms with Gasteiger partial charge in [0.25, 0.3) is 0 Å². The van der Waals surface area contributed by atoms with Gasteiger partial charge >= 0.3 is 12.1 Å². The average Bonchev–Trinajstić information content (AvgIpc) is 3.44. The van der Waals surface area contributed by atoms with Crippen LogP contribution in [0.3, 0.4) is 0 Å². The molecule has 4 aliphatic carbocycles. The Labute approximate surface area is 333 Å². The maximum Gasteiger partial charge on any atom is 0.408 e. The SMILES string of the molecule is CCCC[C@H](NC(=O)[C@H](CCCN=C(N)N)NC(=O)OC(C)(C)C)C(=O)OC1C[C@H](O)CC2CC[C@@H]3[C@H](CC[C@]4(C)[C@@H]([C@H](C)CCCC(C)C)CC[C@@H]34)[C@]21C. The number of unbranched alkanes of at least 4 members (excludes halogenated alkanes) is 1. The zero-order valence-corrected chi connectivity index (χ0v) is 36.0. The van der Waals surface area contributed by atoms with E-state index in [-0.39, 0.29) is 30.3 Å². The number of nitrogens with one attached hydrogen (secondary N) is 2. The highest BCUT2D eigenvalue weighted by Crippen LogP contribution is 2.68. The first kappa shape index (κ1) is 45.1. The molecule has 0 radical (unpaired) electrons. The van der Waals surface area contributed by atoms with E-state index in [9.17, 15) is 19.5 Å². The van der Waals surface area contributed by atoms with Gasteiger partial charge in [0, 0.05) is 18.4 Å². The van der Waals surface area contributed by atoms with Crippen LogP contribution in [0, 0.1) is 52.3 Å². The number of carbonyl (C=O) groups excluding carboxylic acids is 3. The summed E-state index contributed by atoms with van der Waals surface area (Å²) in [6.07, 6.45) is 13.3. The molecule has 7 N–H and O–H groups in total. The Hall–Kier alpha value is -2.56. The molecule has 11 nitrogen and oxygen atoms in total. The van der Waals surface area contributed by atoms with E-state index in [0.29, 0.717) is 48.9 Å². The summed E-state index contributed by atoms with van der Waals surface area (Å²) in [4.78, 5) is 45.0. The summed E-state index contributed by atoms with van der Waals surface area (Å²) in [5.74, 6) is 3.25. The van der Waals surface area contributed by atoms with E-state index in [2.05, 4.69) is 50.2 Å². The highest BCUT2D eigenvalue weighted by atomic mass is 16.6. The second-order valence-corrected chi connectivity index (χ2v) is 19.9. The molecule has 0 bridgehead atoms. The maximum atomic E-state index is 14.3. The number of carbonyl (C=O) groups is 3. The molecule has 0 saturated heterocycles. The van der Waals surface area contributed by atoms with Crippen molar-refractivity contribution in [3.8, 4) is 0 Å². The average molecular weight is 774 g/mol. The normalized spacial score (nSPS) is 33.3. The number of nitrogens with two attached hydrogens (primary N) is 2. The monoisotopic (exact) mass is 774 g/mol. The van der Waals surface area contributed by atoms with E-state index in [1.165, 1.54) is 44.9 Å². The lowest BCUT2D eigenvalue weighted by Crippen LogP contribution is -2.61. The lowest BCUT2D eigenvalue weighted by Gasteiger charge is -2.62. The number of ether oxygens (including phenoxy) is 2. The van der Waals surface area contributed by atoms with Gasteiger partial charge in [0.2, 0.25) is 5.91 Å². The van der Waals surface area contributed by atoms with Crippen LogP contribution in [0.25, 0.3) is 0 Å². The molecule has 0 aromatic carbocycles. The molecule has 4 rings (SSSR count). The van der Waals surface area contributed by atoms with Crippen LogP contribution in [0.5, 0.6) is 0 Å². The van der Waals surface area contributed by atoms with Gasteiger partial charge in [-0.25, -0.2) is 9.59 Å². The summed E-state index contributed by atoms with van der Waals surface area (Å²) in [6, 6.07) is -1.86. The number of aliphatic hydroxyl groups is 1. The molecule has 316 valence electrons. The van der Waals surface area contributed by atoms with Crippen LogP contribution in [0.1, 0.15) is 165 Å². The van der Waals surface area contributed by atoms with E-state index < -0.39 is 47.9 Å². The summed E-state index contributed by atoms with van der Waals surface area (Å²) in [5, 5.41) is 16.8. The van der Waals surface area contributed by atoms with Crippen LogP contribution >= 0.6 is 0 Å². The van der Waals surface area contributed by atoms with Gasteiger partial charge in [-0.3, -0.25) is 9.79 Å². The van der Waals surface area contributed by atoms with E-state index in [1.54, 1.807) is 20.8 Å². The van der Waals surface area contributed by atoms with Gasteiger partial charge in [-0.15, -0.1) is 0 Å². The van der Waals surface area contributed by atoms with Crippen molar-refractivity contribution in [1.82, 2.24) is 10.6 Å². The highest BCUT2D eigenvalue weighted by molar-refractivity contribution is 5.89. The van der Waals surface area contributed by atoms with Crippen molar-refractivity contribution in [3.63, 3.8) is 0 Å². The number of amides is 2. The van der Waals surface area contributed by atoms with E-state index in [1.807, 2.05) is 6.92 Å². The van der Waals surface area contributed by atoms with Gasteiger partial charge in [-0.2, -0.15) is 0 Å². The second-order valence-electron chi connectivity index (χ2n) is 19.9. The molecule has 4 aliphatic rings. The van der Waals surface area contributed by atoms with Gasteiger partial charge in [-0.1, -0.05) is 73.6 Å². The Morgan fingerprint density at radius 1 is 0.873 bits per heavy atom. The summed E-state index contributed by atoms with van der Waals surface area (Å²) >= 11 is 0. The Morgan fingerprint density at radius 3 is 2.24 bits per heavy atom. The fourth-order valence-electron chi connectivity index (χ4n) is 11.8. The number of esters is 1. The minimum absolute atomic E-state index is 0.0478. The Bertz CT molecular complexity index is 1310. The third-order valence-electron chi connectivity index (χ3n) is 14.6. The minimum atomic E-state index is -0.969. The van der Waals surface area contributed by atoms with Gasteiger partial charge in [0.05, 0.1) is 6.10 Å². The van der Waals surface area contributed by atoms with E-state index in [0.717, 1.165) is 43.4 Å². The van der Waals surface area contributed by atoms with Gasteiger partial charge < -0.3 is 36.7 Å². The number of nitrogens with zero attached hydrogens (tertiary/aromatic N) is 1. The van der Waals surface area contributed by atoms with Crippen molar-refractivity contribution in [2.75, 3.05) is 6.54 Å². The van der Waals surface area contributed by atoms with Crippen molar-refractivity contribution < 1.29 is 29.0 Å². The summed E-state index contributed by atoms with van der Waals surface area (Å²) in [5.41, 5.74) is 10.3. The number of hydrogen-bond acceptors (Lipinski definition) is 7. The van der Waals surface area contributed by atoms with Gasteiger partial charge in [0.15, 0.2) is 5.96 Å². The Balaban J connectivity index is 1.51. The highest BCUT2D eigenvalue weighted by Gasteiger charge is 2.63. The fourth-order valence-corrected chi connectivity index (χ4v) is 11.8. The van der Waals surface area contributed by atoms with Gasteiger partial charge in [-0.05, 0) is 132 Å². The van der Waals surface area contributed by atoms with Crippen LogP contribution in [-0.2, 0) is 19.1 Å².